The van der Waals surface area contributed by atoms with E-state index in [1.807, 2.05) is 13.0 Å². The van der Waals surface area contributed by atoms with Gasteiger partial charge in [0.25, 0.3) is 0 Å². The highest BCUT2D eigenvalue weighted by Gasteiger charge is 2.10. The number of rotatable bonds is 5. The highest BCUT2D eigenvalue weighted by molar-refractivity contribution is 5.78. The summed E-state index contributed by atoms with van der Waals surface area (Å²) in [6.07, 6.45) is 0.407. The van der Waals surface area contributed by atoms with E-state index in [4.69, 9.17) is 5.26 Å². The number of nitrogens with one attached hydrogen (secondary N) is 1. The smallest absolute Gasteiger partial charge is 0.224 e. The Hall–Kier alpha value is -1.86. The monoisotopic (exact) mass is 246 g/mol. The Morgan fingerprint density at radius 2 is 2.00 bits per heavy atom. The Kier molecular flexibility index (Phi) is 5.34. The van der Waals surface area contributed by atoms with Gasteiger partial charge in [-0.1, -0.05) is 12.1 Å². The van der Waals surface area contributed by atoms with Crippen molar-refractivity contribution >= 4 is 5.91 Å². The predicted molar refractivity (Wildman–Crippen MR) is 68.8 cm³/mol. The van der Waals surface area contributed by atoms with Gasteiger partial charge >= 0.3 is 0 Å². The molecule has 1 aromatic carbocycles. The van der Waals surface area contributed by atoms with Crippen molar-refractivity contribution in [2.45, 2.75) is 38.8 Å². The summed E-state index contributed by atoms with van der Waals surface area (Å²) in [6, 6.07) is 8.93. The number of hydrogen-bond acceptors (Lipinski definition) is 3. The van der Waals surface area contributed by atoms with E-state index in [9.17, 15) is 9.90 Å². The summed E-state index contributed by atoms with van der Waals surface area (Å²) in [6.45, 7) is 3.56. The second-order valence-electron chi connectivity index (χ2n) is 4.54. The molecule has 0 aromatic heterocycles. The molecule has 0 aliphatic carbocycles. The molecule has 1 amide bonds. The van der Waals surface area contributed by atoms with Gasteiger partial charge in [0, 0.05) is 6.04 Å². The Morgan fingerprint density at radius 1 is 1.39 bits per heavy atom. The molecule has 0 fully saturated rings. The van der Waals surface area contributed by atoms with Gasteiger partial charge in [-0.05, 0) is 38.0 Å². The topological polar surface area (TPSA) is 73.1 Å². The summed E-state index contributed by atoms with van der Waals surface area (Å²) in [4.78, 5) is 11.7. The molecule has 0 saturated heterocycles. The molecule has 0 saturated carbocycles. The number of aliphatic hydroxyl groups excluding tert-OH is 1. The molecule has 0 spiro atoms. The van der Waals surface area contributed by atoms with Gasteiger partial charge in [-0.2, -0.15) is 5.26 Å². The number of nitriles is 1. The van der Waals surface area contributed by atoms with Crippen LogP contribution in [0.15, 0.2) is 24.3 Å². The summed E-state index contributed by atoms with van der Waals surface area (Å²) < 4.78 is 0. The number of carbonyl (C=O) groups excluding carboxylic acids is 1. The first-order valence-electron chi connectivity index (χ1n) is 5.97. The molecule has 96 valence electrons. The fourth-order valence-corrected chi connectivity index (χ4v) is 1.78. The third kappa shape index (κ3) is 4.98. The maximum absolute atomic E-state index is 11.7. The highest BCUT2D eigenvalue weighted by Crippen LogP contribution is 2.05. The zero-order valence-corrected chi connectivity index (χ0v) is 10.7. The van der Waals surface area contributed by atoms with Gasteiger partial charge in [0.2, 0.25) is 5.91 Å². The second-order valence-corrected chi connectivity index (χ2v) is 4.54. The lowest BCUT2D eigenvalue weighted by molar-refractivity contribution is -0.121. The van der Waals surface area contributed by atoms with Crippen molar-refractivity contribution < 1.29 is 9.90 Å². The molecule has 2 atom stereocenters. The lowest BCUT2D eigenvalue weighted by atomic mass is 10.1. The standard InChI is InChI=1S/C14H18N2O2/c1-10(7-11(2)17)16-14(18)8-12-3-5-13(9-15)6-4-12/h3-6,10-11,17H,7-8H2,1-2H3,(H,16,18). The van der Waals surface area contributed by atoms with Crippen LogP contribution in [0.25, 0.3) is 0 Å². The highest BCUT2D eigenvalue weighted by atomic mass is 16.3. The molecule has 1 rings (SSSR count). The van der Waals surface area contributed by atoms with Crippen LogP contribution in [-0.4, -0.2) is 23.2 Å². The lowest BCUT2D eigenvalue weighted by Gasteiger charge is -2.15. The van der Waals surface area contributed by atoms with Crippen molar-refractivity contribution in [3.05, 3.63) is 35.4 Å². The Bertz CT molecular complexity index is 432. The molecule has 18 heavy (non-hydrogen) atoms. The van der Waals surface area contributed by atoms with Crippen molar-refractivity contribution in [2.24, 2.45) is 0 Å². The number of benzene rings is 1. The SMILES string of the molecule is CC(O)CC(C)NC(=O)Cc1ccc(C#N)cc1. The van der Waals surface area contributed by atoms with E-state index >= 15 is 0 Å². The zero-order valence-electron chi connectivity index (χ0n) is 10.7. The van der Waals surface area contributed by atoms with E-state index in [1.165, 1.54) is 0 Å². The molecule has 1 aromatic rings. The van der Waals surface area contributed by atoms with Crippen LogP contribution < -0.4 is 5.32 Å². The van der Waals surface area contributed by atoms with Crippen LogP contribution in [0.4, 0.5) is 0 Å². The van der Waals surface area contributed by atoms with Crippen molar-refractivity contribution in [2.75, 3.05) is 0 Å². The third-order valence-corrected chi connectivity index (χ3v) is 2.55. The number of nitrogens with zero attached hydrogens (tertiary/aromatic N) is 1. The summed E-state index contributed by atoms with van der Waals surface area (Å²) in [5, 5.41) is 20.7. The first kappa shape index (κ1) is 14.2. The molecule has 0 aliphatic heterocycles. The lowest BCUT2D eigenvalue weighted by Crippen LogP contribution is -2.35. The minimum atomic E-state index is -0.421. The zero-order chi connectivity index (χ0) is 13.5. The van der Waals surface area contributed by atoms with Gasteiger partial charge < -0.3 is 10.4 Å². The number of aliphatic hydroxyl groups is 1. The summed E-state index contributed by atoms with van der Waals surface area (Å²) >= 11 is 0. The maximum atomic E-state index is 11.7. The molecular formula is C14H18N2O2. The molecule has 4 nitrogen and oxygen atoms in total. The van der Waals surface area contributed by atoms with E-state index in [2.05, 4.69) is 5.32 Å². The average molecular weight is 246 g/mol. The molecule has 0 bridgehead atoms. The van der Waals surface area contributed by atoms with E-state index in [0.29, 0.717) is 12.0 Å². The van der Waals surface area contributed by atoms with Crippen LogP contribution in [0.3, 0.4) is 0 Å². The first-order valence-corrected chi connectivity index (χ1v) is 5.97. The Morgan fingerprint density at radius 3 is 2.50 bits per heavy atom. The Labute approximate surface area is 107 Å². The van der Waals surface area contributed by atoms with Gasteiger partial charge in [0.15, 0.2) is 0 Å². The van der Waals surface area contributed by atoms with Crippen LogP contribution >= 0.6 is 0 Å². The first-order chi connectivity index (χ1) is 8.51. The van der Waals surface area contributed by atoms with Crippen LogP contribution in [0, 0.1) is 11.3 Å². The summed E-state index contributed by atoms with van der Waals surface area (Å²) in [7, 11) is 0. The average Bonchev–Trinajstić information content (AvgIpc) is 2.28. The van der Waals surface area contributed by atoms with Gasteiger partial charge in [-0.25, -0.2) is 0 Å². The van der Waals surface area contributed by atoms with Gasteiger partial charge in [-0.15, -0.1) is 0 Å². The van der Waals surface area contributed by atoms with Crippen LogP contribution in [0.5, 0.6) is 0 Å². The van der Waals surface area contributed by atoms with Gasteiger partial charge in [-0.3, -0.25) is 4.79 Å². The molecule has 2 N–H and O–H groups in total. The van der Waals surface area contributed by atoms with Crippen molar-refractivity contribution in [3.63, 3.8) is 0 Å². The van der Waals surface area contributed by atoms with Crippen LogP contribution in [-0.2, 0) is 11.2 Å². The molecule has 2 unspecified atom stereocenters. The third-order valence-electron chi connectivity index (χ3n) is 2.55. The number of carbonyl (C=O) groups is 1. The van der Waals surface area contributed by atoms with E-state index in [-0.39, 0.29) is 18.4 Å². The van der Waals surface area contributed by atoms with Crippen LogP contribution in [0.1, 0.15) is 31.4 Å². The maximum Gasteiger partial charge on any atom is 0.224 e. The van der Waals surface area contributed by atoms with E-state index in [0.717, 1.165) is 5.56 Å². The van der Waals surface area contributed by atoms with E-state index < -0.39 is 6.10 Å². The number of hydrogen-bond donors (Lipinski definition) is 2. The van der Waals surface area contributed by atoms with Crippen molar-refractivity contribution in [1.29, 1.82) is 5.26 Å². The summed E-state index contributed by atoms with van der Waals surface area (Å²) in [5.41, 5.74) is 1.46. The molecule has 0 radical (unpaired) electrons. The Balaban J connectivity index is 2.46. The molecule has 4 heteroatoms. The molecular weight excluding hydrogens is 228 g/mol. The fourth-order valence-electron chi connectivity index (χ4n) is 1.78. The summed E-state index contributed by atoms with van der Waals surface area (Å²) in [5.74, 6) is -0.0761. The van der Waals surface area contributed by atoms with Crippen molar-refractivity contribution in [1.82, 2.24) is 5.32 Å². The quantitative estimate of drug-likeness (QED) is 0.824. The minimum absolute atomic E-state index is 0.0455. The number of amides is 1. The fraction of sp³-hybridized carbons (Fsp3) is 0.429. The van der Waals surface area contributed by atoms with E-state index in [1.54, 1.807) is 31.2 Å². The van der Waals surface area contributed by atoms with Gasteiger partial charge in [0.05, 0.1) is 24.2 Å². The van der Waals surface area contributed by atoms with Gasteiger partial charge in [0.1, 0.15) is 0 Å². The molecule has 0 aliphatic rings. The normalized spacial score (nSPS) is 13.4. The van der Waals surface area contributed by atoms with Crippen molar-refractivity contribution in [3.8, 4) is 6.07 Å². The predicted octanol–water partition coefficient (Wildman–Crippen LogP) is 1.38. The molecule has 0 heterocycles. The van der Waals surface area contributed by atoms with Crippen LogP contribution in [0.2, 0.25) is 0 Å². The largest absolute Gasteiger partial charge is 0.393 e. The minimum Gasteiger partial charge on any atom is -0.393 e. The second kappa shape index (κ2) is 6.77.